The number of nitrogens with one attached hydrogen (secondary N) is 1. The van der Waals surface area contributed by atoms with Crippen molar-refractivity contribution in [1.29, 1.82) is 0 Å². The lowest BCUT2D eigenvalue weighted by atomic mass is 9.97. The Kier molecular flexibility index (Phi) is 4.51. The first kappa shape index (κ1) is 14.8. The molecule has 0 atom stereocenters. The van der Waals surface area contributed by atoms with Crippen molar-refractivity contribution in [1.82, 2.24) is 19.7 Å². The lowest BCUT2D eigenvalue weighted by Gasteiger charge is -2.13. The van der Waals surface area contributed by atoms with E-state index in [0.717, 1.165) is 30.2 Å². The molecule has 0 saturated heterocycles. The molecule has 1 aliphatic carbocycles. The SMILES string of the molecule is Cc1cc(C)n(-c2ccnc(NCCC3=CCCCC3)n2)n1. The predicted molar refractivity (Wildman–Crippen MR) is 88.3 cm³/mol. The molecule has 2 aromatic heterocycles. The molecular weight excluding hydrogens is 274 g/mol. The zero-order valence-electron chi connectivity index (χ0n) is 13.3. The molecule has 1 aliphatic rings. The highest BCUT2D eigenvalue weighted by molar-refractivity contribution is 5.33. The summed E-state index contributed by atoms with van der Waals surface area (Å²) in [7, 11) is 0. The summed E-state index contributed by atoms with van der Waals surface area (Å²) in [5.74, 6) is 1.47. The molecule has 0 spiro atoms. The van der Waals surface area contributed by atoms with E-state index in [1.165, 1.54) is 25.7 Å². The average Bonchev–Trinajstić information content (AvgIpc) is 2.87. The van der Waals surface area contributed by atoms with E-state index in [0.29, 0.717) is 5.95 Å². The van der Waals surface area contributed by atoms with Crippen LogP contribution in [-0.4, -0.2) is 26.3 Å². The third-order valence-corrected chi connectivity index (χ3v) is 3.98. The van der Waals surface area contributed by atoms with E-state index in [-0.39, 0.29) is 0 Å². The first-order valence-corrected chi connectivity index (χ1v) is 8.01. The van der Waals surface area contributed by atoms with E-state index < -0.39 is 0 Å². The highest BCUT2D eigenvalue weighted by Gasteiger charge is 2.07. The van der Waals surface area contributed by atoms with Gasteiger partial charge in [-0.2, -0.15) is 10.1 Å². The van der Waals surface area contributed by atoms with Gasteiger partial charge < -0.3 is 5.32 Å². The van der Waals surface area contributed by atoms with Crippen LogP contribution in [-0.2, 0) is 0 Å². The summed E-state index contributed by atoms with van der Waals surface area (Å²) in [5, 5.41) is 7.79. The van der Waals surface area contributed by atoms with Crippen molar-refractivity contribution in [2.24, 2.45) is 0 Å². The Morgan fingerprint density at radius 3 is 2.91 bits per heavy atom. The van der Waals surface area contributed by atoms with Crippen LogP contribution < -0.4 is 5.32 Å². The van der Waals surface area contributed by atoms with Crippen LogP contribution in [0.1, 0.15) is 43.5 Å². The van der Waals surface area contributed by atoms with Crippen LogP contribution >= 0.6 is 0 Å². The maximum Gasteiger partial charge on any atom is 0.224 e. The highest BCUT2D eigenvalue weighted by atomic mass is 15.3. The van der Waals surface area contributed by atoms with E-state index >= 15 is 0 Å². The van der Waals surface area contributed by atoms with Crippen LogP contribution in [0.25, 0.3) is 5.82 Å². The van der Waals surface area contributed by atoms with Crippen LogP contribution in [0.2, 0.25) is 0 Å². The van der Waals surface area contributed by atoms with Crippen molar-refractivity contribution < 1.29 is 0 Å². The number of aromatic nitrogens is 4. The van der Waals surface area contributed by atoms with Crippen LogP contribution in [0.3, 0.4) is 0 Å². The fourth-order valence-electron chi connectivity index (χ4n) is 2.88. The van der Waals surface area contributed by atoms with E-state index in [9.17, 15) is 0 Å². The van der Waals surface area contributed by atoms with Gasteiger partial charge in [0.25, 0.3) is 0 Å². The van der Waals surface area contributed by atoms with Crippen molar-refractivity contribution in [3.05, 3.63) is 41.4 Å². The molecule has 1 N–H and O–H groups in total. The lowest BCUT2D eigenvalue weighted by molar-refractivity contribution is 0.679. The van der Waals surface area contributed by atoms with Crippen LogP contribution in [0.15, 0.2) is 30.0 Å². The molecule has 0 unspecified atom stereocenters. The standard InChI is InChI=1S/C17H23N5/c1-13-12-14(2)22(21-13)16-9-11-19-17(20-16)18-10-8-15-6-4-3-5-7-15/h6,9,11-12H,3-5,7-8,10H2,1-2H3,(H,18,19,20). The molecule has 0 saturated carbocycles. The van der Waals surface area contributed by atoms with Gasteiger partial charge in [-0.1, -0.05) is 11.6 Å². The summed E-state index contributed by atoms with van der Waals surface area (Å²) in [6.45, 7) is 4.90. The number of hydrogen-bond acceptors (Lipinski definition) is 4. The Labute approximate surface area is 131 Å². The third kappa shape index (κ3) is 3.53. The first-order chi connectivity index (χ1) is 10.7. The van der Waals surface area contributed by atoms with E-state index in [4.69, 9.17) is 0 Å². The summed E-state index contributed by atoms with van der Waals surface area (Å²) >= 11 is 0. The number of rotatable bonds is 5. The summed E-state index contributed by atoms with van der Waals surface area (Å²) in [6, 6.07) is 3.93. The molecule has 5 heteroatoms. The molecule has 0 aliphatic heterocycles. The quantitative estimate of drug-likeness (QED) is 0.857. The second-order valence-corrected chi connectivity index (χ2v) is 5.86. The van der Waals surface area contributed by atoms with Gasteiger partial charge in [0.05, 0.1) is 5.69 Å². The molecule has 0 aromatic carbocycles. The maximum absolute atomic E-state index is 4.56. The summed E-state index contributed by atoms with van der Waals surface area (Å²) in [5.41, 5.74) is 3.64. The first-order valence-electron chi connectivity index (χ1n) is 8.01. The highest BCUT2D eigenvalue weighted by Crippen LogP contribution is 2.20. The van der Waals surface area contributed by atoms with Gasteiger partial charge in [-0.25, -0.2) is 9.67 Å². The number of allylic oxidation sites excluding steroid dienone is 1. The summed E-state index contributed by atoms with van der Waals surface area (Å²) < 4.78 is 1.85. The Bertz CT molecular complexity index is 671. The van der Waals surface area contributed by atoms with Gasteiger partial charge in [-0.05, 0) is 52.0 Å². The molecule has 22 heavy (non-hydrogen) atoms. The zero-order chi connectivity index (χ0) is 15.4. The van der Waals surface area contributed by atoms with Crippen molar-refractivity contribution in [2.75, 3.05) is 11.9 Å². The zero-order valence-corrected chi connectivity index (χ0v) is 13.3. The Balaban J connectivity index is 1.64. The minimum Gasteiger partial charge on any atom is -0.354 e. The van der Waals surface area contributed by atoms with E-state index in [1.54, 1.807) is 11.8 Å². The second kappa shape index (κ2) is 6.73. The van der Waals surface area contributed by atoms with Crippen LogP contribution in [0.4, 0.5) is 5.95 Å². The Morgan fingerprint density at radius 1 is 1.27 bits per heavy atom. The van der Waals surface area contributed by atoms with Crippen LogP contribution in [0.5, 0.6) is 0 Å². The molecule has 0 bridgehead atoms. The normalized spacial score (nSPS) is 14.7. The van der Waals surface area contributed by atoms with Crippen molar-refractivity contribution in [3.8, 4) is 5.82 Å². The molecule has 116 valence electrons. The topological polar surface area (TPSA) is 55.6 Å². The Hall–Kier alpha value is -2.17. The maximum atomic E-state index is 4.56. The number of anilines is 1. The van der Waals surface area contributed by atoms with Crippen molar-refractivity contribution in [3.63, 3.8) is 0 Å². The van der Waals surface area contributed by atoms with Gasteiger partial charge in [0.15, 0.2) is 5.82 Å². The van der Waals surface area contributed by atoms with E-state index in [1.807, 2.05) is 30.7 Å². The molecule has 0 fully saturated rings. The fraction of sp³-hybridized carbons (Fsp3) is 0.471. The van der Waals surface area contributed by atoms with Crippen LogP contribution in [0, 0.1) is 13.8 Å². The van der Waals surface area contributed by atoms with E-state index in [2.05, 4.69) is 26.5 Å². The molecule has 0 amide bonds. The average molecular weight is 297 g/mol. The fourth-order valence-corrected chi connectivity index (χ4v) is 2.88. The van der Waals surface area contributed by atoms with Crippen molar-refractivity contribution >= 4 is 5.95 Å². The minimum atomic E-state index is 0.668. The van der Waals surface area contributed by atoms with Gasteiger partial charge in [0.2, 0.25) is 5.95 Å². The predicted octanol–water partition coefficient (Wildman–Crippen LogP) is 3.58. The lowest BCUT2D eigenvalue weighted by Crippen LogP contribution is -2.10. The molecular formula is C17H23N5. The molecule has 2 heterocycles. The molecule has 5 nitrogen and oxygen atoms in total. The number of nitrogens with zero attached hydrogens (tertiary/aromatic N) is 4. The number of aryl methyl sites for hydroxylation is 2. The monoisotopic (exact) mass is 297 g/mol. The summed E-state index contributed by atoms with van der Waals surface area (Å²) in [4.78, 5) is 8.86. The Morgan fingerprint density at radius 2 is 2.18 bits per heavy atom. The van der Waals surface area contributed by atoms with Gasteiger partial charge in [-0.3, -0.25) is 0 Å². The van der Waals surface area contributed by atoms with Crippen molar-refractivity contribution in [2.45, 2.75) is 46.0 Å². The minimum absolute atomic E-state index is 0.668. The summed E-state index contributed by atoms with van der Waals surface area (Å²) in [6.07, 6.45) is 10.4. The van der Waals surface area contributed by atoms with Gasteiger partial charge in [0, 0.05) is 24.5 Å². The largest absolute Gasteiger partial charge is 0.354 e. The molecule has 0 radical (unpaired) electrons. The second-order valence-electron chi connectivity index (χ2n) is 5.86. The van der Waals surface area contributed by atoms with Gasteiger partial charge in [0.1, 0.15) is 0 Å². The molecule has 3 rings (SSSR count). The molecule has 2 aromatic rings. The number of hydrogen-bond donors (Lipinski definition) is 1. The third-order valence-electron chi connectivity index (χ3n) is 3.98. The smallest absolute Gasteiger partial charge is 0.224 e. The van der Waals surface area contributed by atoms with Gasteiger partial charge in [-0.15, -0.1) is 0 Å². The van der Waals surface area contributed by atoms with Gasteiger partial charge >= 0.3 is 0 Å².